The van der Waals surface area contributed by atoms with E-state index in [2.05, 4.69) is 40.9 Å². The Morgan fingerprint density at radius 1 is 0.597 bits per heavy atom. The van der Waals surface area contributed by atoms with Gasteiger partial charge in [0.25, 0.3) is 17.7 Å². The number of nitrogens with zero attached hydrogens (tertiary/aromatic N) is 3. The van der Waals surface area contributed by atoms with E-state index in [1.807, 2.05) is 64.7 Å². The molecule has 3 aromatic rings. The zero-order valence-electron chi connectivity index (χ0n) is 41.8. The molecule has 3 aromatic heterocycles. The fourth-order valence-corrected chi connectivity index (χ4v) is 17.0. The van der Waals surface area contributed by atoms with Gasteiger partial charge in [-0.05, 0) is 52.6 Å². The molecule has 10 rings (SSSR count). The number of β-lactam (4-membered cyclic amide) rings is 3. The molecule has 7 aliphatic heterocycles. The molecule has 0 aliphatic carbocycles. The quantitative estimate of drug-likeness (QED) is 0.0501. The van der Waals surface area contributed by atoms with Crippen molar-refractivity contribution in [1.82, 2.24) is 36.0 Å². The van der Waals surface area contributed by atoms with Gasteiger partial charge in [0.05, 0.1) is 41.7 Å². The van der Waals surface area contributed by atoms with Gasteiger partial charge < -0.3 is 63.2 Å². The Labute approximate surface area is 512 Å². The Morgan fingerprint density at radius 2 is 0.909 bits per heavy atom. The molecule has 7 aliphatic rings. The number of thiophene rings is 3. The number of carbonyl (C=O) groups excluding carboxylic acids is 6. The van der Waals surface area contributed by atoms with Crippen LogP contribution in [0.3, 0.4) is 0 Å². The van der Waals surface area contributed by atoms with Gasteiger partial charge in [0.15, 0.2) is 28.9 Å². The predicted octanol–water partition coefficient (Wildman–Crippen LogP) is -3.33. The number of hydrogen-bond donors (Lipinski definition) is 4. The average molecular weight is 1250 g/mol. The fraction of sp³-hybridized carbons (Fsp3) is 0.364. The van der Waals surface area contributed by atoms with Crippen LogP contribution in [0.4, 0.5) is 0 Å². The molecule has 0 saturated carbocycles. The molecule has 3 saturated heterocycles. The molecule has 4 N–H and O–H groups in total. The first kappa shape index (κ1) is 65.6. The molecule has 0 radical (unpaired) electrons. The van der Waals surface area contributed by atoms with Crippen molar-refractivity contribution < 1.29 is 130 Å². The smallest absolute Gasteiger partial charge is 0.774 e. The first-order valence-corrected chi connectivity index (χ1v) is 32.7. The van der Waals surface area contributed by atoms with Crippen molar-refractivity contribution in [3.63, 3.8) is 0 Å². The molecule has 0 aromatic carbocycles. The van der Waals surface area contributed by atoms with Crippen molar-refractivity contribution in [2.75, 3.05) is 45.1 Å². The van der Waals surface area contributed by atoms with Crippen LogP contribution in [0.1, 0.15) is 14.6 Å². The SMILES string of the molecule is COP(=O)([O-])C1=CCS[C@H]2[C@H](NC(=O)Cc3cccs3)C(=O)N12.COP(=O)([O-])C1=CCS[C@H]2[C@H](NC(=O)Cc3cccs3)C(=O)N12.COP(=O)([O-])C1=CCS[C@H]2[C@H](NC(=O)Cc3cccs3)C(=O)N12.[C+]1=CNCC=C1.[Na+].[Na+]. The Balaban J connectivity index is 0.000000199. The van der Waals surface area contributed by atoms with Crippen LogP contribution in [0.15, 0.2) is 105 Å². The Bertz CT molecular complexity index is 2620. The number of carbonyl (C=O) groups is 6. The second-order valence-corrected chi connectivity index (χ2v) is 28.0. The zero-order chi connectivity index (χ0) is 54.1. The molecule has 10 heterocycles. The van der Waals surface area contributed by atoms with Gasteiger partial charge in [-0.25, -0.2) is 0 Å². The summed E-state index contributed by atoms with van der Waals surface area (Å²) in [7, 11) is -9.54. The van der Waals surface area contributed by atoms with E-state index in [-0.39, 0.29) is 112 Å². The minimum atomic E-state index is -4.24. The predicted molar refractivity (Wildman–Crippen MR) is 282 cm³/mol. The number of hydrogen-bond acceptors (Lipinski definition) is 22. The van der Waals surface area contributed by atoms with Crippen molar-refractivity contribution in [2.45, 2.75) is 53.5 Å². The Kier molecular flexibility index (Phi) is 25.3. The van der Waals surface area contributed by atoms with Gasteiger partial charge in [-0.3, -0.25) is 43.5 Å². The van der Waals surface area contributed by atoms with Crippen molar-refractivity contribution >= 4 is 128 Å². The first-order chi connectivity index (χ1) is 35.8. The summed E-state index contributed by atoms with van der Waals surface area (Å²) in [6, 6.07) is 9.01. The van der Waals surface area contributed by atoms with E-state index in [0.29, 0.717) is 17.3 Å². The first-order valence-electron chi connectivity index (χ1n) is 22.3. The van der Waals surface area contributed by atoms with E-state index in [1.165, 1.54) is 102 Å². The maximum Gasteiger partial charge on any atom is 1.00 e. The van der Waals surface area contributed by atoms with Crippen LogP contribution >= 0.6 is 92.1 Å². The van der Waals surface area contributed by atoms with Crippen molar-refractivity contribution in [2.24, 2.45) is 0 Å². The van der Waals surface area contributed by atoms with Crippen LogP contribution in [0.5, 0.6) is 0 Å². The van der Waals surface area contributed by atoms with Crippen LogP contribution < -0.4 is 95.1 Å². The number of dihydropyridines is 1. The van der Waals surface area contributed by atoms with Crippen LogP contribution in [0, 0.1) is 6.08 Å². The van der Waals surface area contributed by atoms with Gasteiger partial charge in [-0.1, -0.05) is 18.2 Å². The second kappa shape index (κ2) is 29.7. The van der Waals surface area contributed by atoms with Gasteiger partial charge in [-0.15, -0.1) is 69.3 Å². The average Bonchev–Trinajstić information content (AvgIpc) is 4.25. The van der Waals surface area contributed by atoms with Gasteiger partial charge in [0.1, 0.15) is 53.1 Å². The molecule has 0 bridgehead atoms. The van der Waals surface area contributed by atoms with E-state index in [9.17, 15) is 57.1 Å². The van der Waals surface area contributed by atoms with E-state index < -0.39 is 74.8 Å². The van der Waals surface area contributed by atoms with E-state index in [0.717, 1.165) is 42.5 Å². The third-order valence-electron chi connectivity index (χ3n) is 11.4. The molecule has 3 unspecified atom stereocenters. The van der Waals surface area contributed by atoms with Gasteiger partial charge >= 0.3 is 59.1 Å². The van der Waals surface area contributed by atoms with E-state index >= 15 is 0 Å². The topological polar surface area (TPSA) is 308 Å². The molecule has 0 spiro atoms. The number of amides is 6. The van der Waals surface area contributed by atoms with Crippen LogP contribution in [0.2, 0.25) is 0 Å². The molecule has 33 heteroatoms. The molecule has 6 amide bonds. The summed E-state index contributed by atoms with van der Waals surface area (Å²) in [4.78, 5) is 115. The number of thioether (sulfide) groups is 3. The number of allylic oxidation sites excluding steroid dienone is 2. The summed E-state index contributed by atoms with van der Waals surface area (Å²) in [6.07, 6.45) is 13.6. The molecule has 77 heavy (non-hydrogen) atoms. The second-order valence-electron chi connectivity index (χ2n) is 16.0. The summed E-state index contributed by atoms with van der Waals surface area (Å²) in [6.45, 7) is 0.951. The minimum absolute atomic E-state index is 0. The number of rotatable bonds is 15. The number of nitrogens with one attached hydrogen (secondary N) is 4. The van der Waals surface area contributed by atoms with E-state index in [1.54, 1.807) is 6.20 Å². The fourth-order valence-electron chi connectivity index (χ4n) is 7.75. The summed E-state index contributed by atoms with van der Waals surface area (Å²) in [5, 5.41) is 15.4. The van der Waals surface area contributed by atoms with Crippen LogP contribution in [0.25, 0.3) is 0 Å². The van der Waals surface area contributed by atoms with Gasteiger partial charge in [0.2, 0.25) is 17.7 Å². The third kappa shape index (κ3) is 16.1. The molecular weight excluding hydrogens is 1200 g/mol. The summed E-state index contributed by atoms with van der Waals surface area (Å²) in [5.74, 6) is -0.717. The van der Waals surface area contributed by atoms with Crippen molar-refractivity contribution in [3.8, 4) is 0 Å². The molecule has 22 nitrogen and oxygen atoms in total. The Morgan fingerprint density at radius 3 is 1.12 bits per heavy atom. The molecule has 402 valence electrons. The standard InChI is InChI=1S/3C13H15N2O5PS2.C5H6N.2Na/c3*1-20-21(18,19)10-4-6-23-13-11(12(17)15(10)13)14-9(16)7-8-3-2-5-22-8;1-2-4-6-5-3-1;;/h3*2-5,11,13H,6-7H2,1H3,(H,14,16)(H,18,19);1-2,5-6H,4H2;;/q;;;3*+1/p-3/t3*11-,13+;;;/m111.../s1. The minimum Gasteiger partial charge on any atom is -0.774 e. The number of fused-ring (bicyclic) bond motifs is 3. The maximum atomic E-state index is 12.3. The summed E-state index contributed by atoms with van der Waals surface area (Å²) in [5.41, 5.74) is -0.340. The zero-order valence-corrected chi connectivity index (χ0v) is 53.4. The van der Waals surface area contributed by atoms with Gasteiger partial charge in [0, 0.05) is 53.2 Å². The molecular formula is C44H48N7Na2O15P3S6. The third-order valence-corrected chi connectivity index (χ3v) is 21.9. The molecule has 3 fully saturated rings. The Hall–Kier alpha value is -2.17. The maximum absolute atomic E-state index is 12.3. The largest absolute Gasteiger partial charge is 1.00 e. The molecule has 9 atom stereocenters. The van der Waals surface area contributed by atoms with Crippen molar-refractivity contribution in [3.05, 3.63) is 126 Å². The van der Waals surface area contributed by atoms with Crippen LogP contribution in [-0.2, 0) is 75.3 Å². The normalized spacial score (nSPS) is 24.5. The van der Waals surface area contributed by atoms with Crippen molar-refractivity contribution in [1.29, 1.82) is 0 Å². The summed E-state index contributed by atoms with van der Waals surface area (Å²) >= 11 is 8.63. The van der Waals surface area contributed by atoms with Gasteiger partial charge in [-0.2, -0.15) is 0 Å². The summed E-state index contributed by atoms with van der Waals surface area (Å²) < 4.78 is 49.2. The van der Waals surface area contributed by atoms with Crippen LogP contribution in [-0.4, -0.2) is 130 Å². The monoisotopic (exact) mass is 1250 g/mol. The van der Waals surface area contributed by atoms with E-state index in [4.69, 9.17) is 0 Å².